The molecule has 0 saturated heterocycles. The van der Waals surface area contributed by atoms with Gasteiger partial charge in [0.15, 0.2) is 17.6 Å². The molecule has 0 radical (unpaired) electrons. The van der Waals surface area contributed by atoms with Crippen LogP contribution in [0.3, 0.4) is 0 Å². The fraction of sp³-hybridized carbons (Fsp3) is 0.150. The average Bonchev–Trinajstić information content (AvgIpc) is 3.24. The number of hydrogen-bond donors (Lipinski definition) is 3. The second-order valence-corrected chi connectivity index (χ2v) is 6.85. The number of hydrogen-bond acceptors (Lipinski definition) is 8. The van der Waals surface area contributed by atoms with Gasteiger partial charge in [-0.1, -0.05) is 11.6 Å². The van der Waals surface area contributed by atoms with Crippen molar-refractivity contribution >= 4 is 39.9 Å². The predicted molar refractivity (Wildman–Crippen MR) is 109 cm³/mol. The molecule has 2 aromatic carbocycles. The van der Waals surface area contributed by atoms with Crippen LogP contribution in [-0.4, -0.2) is 34.3 Å². The summed E-state index contributed by atoms with van der Waals surface area (Å²) in [5.41, 5.74) is 2.64. The number of nitrogens with one attached hydrogen (secondary N) is 2. The van der Waals surface area contributed by atoms with E-state index in [2.05, 4.69) is 15.3 Å². The zero-order valence-electron chi connectivity index (χ0n) is 16.1. The molecule has 9 nitrogen and oxygen atoms in total. The summed E-state index contributed by atoms with van der Waals surface area (Å²) >= 11 is 5.85. The maximum atomic E-state index is 13.4. The summed E-state index contributed by atoms with van der Waals surface area (Å²) in [7, 11) is 1.47. The van der Waals surface area contributed by atoms with E-state index in [1.165, 1.54) is 31.6 Å². The van der Waals surface area contributed by atoms with Gasteiger partial charge in [0.25, 0.3) is 11.9 Å². The van der Waals surface area contributed by atoms with E-state index in [1.807, 2.05) is 0 Å². The number of hydroxylamine groups is 1. The first-order chi connectivity index (χ1) is 15.0. The SMILES string of the molecule is COc1cc2ncnc(Nc3ccc(F)c(Cl)c3)c2cc1OC1=CCC(C(=O)NO)O1. The largest absolute Gasteiger partial charge is 0.493 e. The third kappa shape index (κ3) is 4.30. The monoisotopic (exact) mass is 446 g/mol. The summed E-state index contributed by atoms with van der Waals surface area (Å²) in [6, 6.07) is 7.51. The second kappa shape index (κ2) is 8.62. The Hall–Kier alpha value is -3.63. The zero-order valence-corrected chi connectivity index (χ0v) is 16.8. The summed E-state index contributed by atoms with van der Waals surface area (Å²) in [4.78, 5) is 20.0. The minimum atomic E-state index is -0.893. The molecule has 1 atom stereocenters. The molecular formula is C20H16ClFN4O5. The van der Waals surface area contributed by atoms with Gasteiger partial charge in [-0.3, -0.25) is 10.0 Å². The van der Waals surface area contributed by atoms with Crippen LogP contribution >= 0.6 is 11.6 Å². The summed E-state index contributed by atoms with van der Waals surface area (Å²) in [5, 5.41) is 12.4. The van der Waals surface area contributed by atoms with Crippen LogP contribution in [0.4, 0.5) is 15.9 Å². The number of carbonyl (C=O) groups is 1. The Balaban J connectivity index is 1.66. The first-order valence-electron chi connectivity index (χ1n) is 9.02. The van der Waals surface area contributed by atoms with Crippen molar-refractivity contribution in [3.8, 4) is 11.5 Å². The lowest BCUT2D eigenvalue weighted by Crippen LogP contribution is -2.32. The average molecular weight is 447 g/mol. The molecule has 0 saturated carbocycles. The van der Waals surface area contributed by atoms with Gasteiger partial charge in [-0.25, -0.2) is 19.8 Å². The quantitative estimate of drug-likeness (QED) is 0.388. The van der Waals surface area contributed by atoms with Gasteiger partial charge >= 0.3 is 0 Å². The molecule has 160 valence electrons. The molecule has 2 heterocycles. The van der Waals surface area contributed by atoms with Crippen molar-refractivity contribution in [2.45, 2.75) is 12.5 Å². The highest BCUT2D eigenvalue weighted by Gasteiger charge is 2.27. The smallest absolute Gasteiger partial charge is 0.284 e. The van der Waals surface area contributed by atoms with Crippen LogP contribution in [0, 0.1) is 5.82 Å². The topological polar surface area (TPSA) is 115 Å². The lowest BCUT2D eigenvalue weighted by molar-refractivity contribution is -0.139. The number of amides is 1. The van der Waals surface area contributed by atoms with E-state index in [9.17, 15) is 9.18 Å². The van der Waals surface area contributed by atoms with Gasteiger partial charge in [-0.15, -0.1) is 0 Å². The molecule has 1 aliphatic heterocycles. The molecule has 4 rings (SSSR count). The van der Waals surface area contributed by atoms with E-state index in [-0.39, 0.29) is 17.4 Å². The summed E-state index contributed by atoms with van der Waals surface area (Å²) in [6.07, 6.45) is 2.29. The lowest BCUT2D eigenvalue weighted by atomic mass is 10.2. The molecule has 3 aromatic rings. The molecular weight excluding hydrogens is 431 g/mol. The predicted octanol–water partition coefficient (Wildman–Crippen LogP) is 3.69. The van der Waals surface area contributed by atoms with Crippen LogP contribution in [0.5, 0.6) is 11.5 Å². The molecule has 1 unspecified atom stereocenters. The van der Waals surface area contributed by atoms with Crippen LogP contribution in [0.15, 0.2) is 48.7 Å². The molecule has 3 N–H and O–H groups in total. The summed E-state index contributed by atoms with van der Waals surface area (Å²) in [6.45, 7) is 0. The molecule has 0 bridgehead atoms. The highest BCUT2D eigenvalue weighted by molar-refractivity contribution is 6.31. The standard InChI is InChI=1S/C20H16ClFN4O5/c1-29-16-8-14-11(7-17(16)31-18-5-4-15(30-18)20(27)26-28)19(24-9-23-14)25-10-2-3-13(22)12(21)6-10/h2-3,5-9,15,28H,4H2,1H3,(H,26,27)(H,23,24,25). The number of rotatable bonds is 6. The molecule has 1 aliphatic rings. The zero-order chi connectivity index (χ0) is 22.0. The van der Waals surface area contributed by atoms with E-state index in [1.54, 1.807) is 23.7 Å². The first-order valence-corrected chi connectivity index (χ1v) is 9.39. The van der Waals surface area contributed by atoms with Gasteiger partial charge in [0, 0.05) is 29.6 Å². The number of carbonyl (C=O) groups excluding carboxylic acids is 1. The minimum Gasteiger partial charge on any atom is -0.493 e. The molecule has 1 aromatic heterocycles. The van der Waals surface area contributed by atoms with Crippen molar-refractivity contribution in [2.24, 2.45) is 0 Å². The van der Waals surface area contributed by atoms with Crippen LogP contribution in [-0.2, 0) is 9.53 Å². The highest BCUT2D eigenvalue weighted by atomic mass is 35.5. The Morgan fingerprint density at radius 2 is 2.13 bits per heavy atom. The van der Waals surface area contributed by atoms with E-state index >= 15 is 0 Å². The lowest BCUT2D eigenvalue weighted by Gasteiger charge is -2.15. The van der Waals surface area contributed by atoms with Gasteiger partial charge < -0.3 is 19.5 Å². The van der Waals surface area contributed by atoms with E-state index < -0.39 is 17.8 Å². The molecule has 1 amide bonds. The van der Waals surface area contributed by atoms with Crippen LogP contribution in [0.1, 0.15) is 6.42 Å². The Morgan fingerprint density at radius 3 is 2.87 bits per heavy atom. The maximum absolute atomic E-state index is 13.4. The van der Waals surface area contributed by atoms with E-state index in [0.717, 1.165) is 0 Å². The van der Waals surface area contributed by atoms with Gasteiger partial charge in [0.1, 0.15) is 18.0 Å². The maximum Gasteiger partial charge on any atom is 0.284 e. The number of anilines is 2. The van der Waals surface area contributed by atoms with Crippen molar-refractivity contribution in [3.63, 3.8) is 0 Å². The number of benzene rings is 2. The van der Waals surface area contributed by atoms with Gasteiger partial charge in [-0.05, 0) is 24.3 Å². The van der Waals surface area contributed by atoms with Gasteiger partial charge in [0.2, 0.25) is 0 Å². The van der Waals surface area contributed by atoms with Crippen molar-refractivity contribution in [1.29, 1.82) is 0 Å². The van der Waals surface area contributed by atoms with Crippen molar-refractivity contribution in [1.82, 2.24) is 15.4 Å². The summed E-state index contributed by atoms with van der Waals surface area (Å²) in [5.74, 6) is -0.0267. The van der Waals surface area contributed by atoms with E-state index in [4.69, 9.17) is 31.0 Å². The third-order valence-electron chi connectivity index (χ3n) is 4.47. The first kappa shape index (κ1) is 20.6. The molecule has 11 heteroatoms. The van der Waals surface area contributed by atoms with E-state index in [0.29, 0.717) is 33.9 Å². The molecule has 0 aliphatic carbocycles. The van der Waals surface area contributed by atoms with Crippen LogP contribution in [0.2, 0.25) is 5.02 Å². The number of aromatic nitrogens is 2. The molecule has 31 heavy (non-hydrogen) atoms. The Bertz CT molecular complexity index is 1190. The number of halogens is 2. The Morgan fingerprint density at radius 1 is 1.29 bits per heavy atom. The molecule has 0 fully saturated rings. The van der Waals surface area contributed by atoms with Crippen LogP contribution < -0.4 is 20.3 Å². The number of methoxy groups -OCH3 is 1. The fourth-order valence-corrected chi connectivity index (χ4v) is 3.14. The minimum absolute atomic E-state index is 0.0270. The summed E-state index contributed by atoms with van der Waals surface area (Å²) < 4.78 is 30.0. The second-order valence-electron chi connectivity index (χ2n) is 6.44. The number of nitrogens with zero attached hydrogens (tertiary/aromatic N) is 2. The van der Waals surface area contributed by atoms with Crippen molar-refractivity contribution in [3.05, 3.63) is 59.5 Å². The van der Waals surface area contributed by atoms with Crippen molar-refractivity contribution in [2.75, 3.05) is 12.4 Å². The Kier molecular flexibility index (Phi) is 5.74. The highest BCUT2D eigenvalue weighted by Crippen LogP contribution is 2.37. The number of ether oxygens (including phenoxy) is 3. The molecule has 0 spiro atoms. The van der Waals surface area contributed by atoms with Crippen LogP contribution in [0.25, 0.3) is 10.9 Å². The van der Waals surface area contributed by atoms with Gasteiger partial charge in [-0.2, -0.15) is 0 Å². The third-order valence-corrected chi connectivity index (χ3v) is 4.76. The fourth-order valence-electron chi connectivity index (χ4n) is 2.96. The van der Waals surface area contributed by atoms with Gasteiger partial charge in [0.05, 0.1) is 17.6 Å². The van der Waals surface area contributed by atoms with Crippen molar-refractivity contribution < 1.29 is 28.6 Å². The Labute approximate surface area is 180 Å². The number of fused-ring (bicyclic) bond motifs is 1. The normalized spacial score (nSPS) is 15.2.